The van der Waals surface area contributed by atoms with Crippen LogP contribution < -0.4 is 19.7 Å². The molecule has 1 N–H and O–H groups in total. The molecule has 26 heavy (non-hydrogen) atoms. The summed E-state index contributed by atoms with van der Waals surface area (Å²) in [6.07, 6.45) is 1.73. The number of nitrogens with one attached hydrogen (secondary N) is 1. The van der Waals surface area contributed by atoms with Gasteiger partial charge in [-0.05, 0) is 24.3 Å². The number of rotatable bonds is 3. The molecule has 0 bridgehead atoms. The molecular formula is C19H22N4O3. The van der Waals surface area contributed by atoms with E-state index >= 15 is 0 Å². The van der Waals surface area contributed by atoms with E-state index < -0.39 is 0 Å². The molecule has 0 unspecified atom stereocenters. The van der Waals surface area contributed by atoms with E-state index in [4.69, 9.17) is 9.47 Å². The Hall–Kier alpha value is -2.96. The molecule has 2 amide bonds. The number of nitrogens with zero attached hydrogens (tertiary/aromatic N) is 3. The first-order valence-corrected chi connectivity index (χ1v) is 8.87. The van der Waals surface area contributed by atoms with Crippen LogP contribution in [0.2, 0.25) is 0 Å². The number of amides is 2. The van der Waals surface area contributed by atoms with Crippen molar-refractivity contribution in [1.29, 1.82) is 0 Å². The Morgan fingerprint density at radius 2 is 1.85 bits per heavy atom. The molecule has 0 saturated carbocycles. The Bertz CT molecular complexity index is 761. The molecule has 3 heterocycles. The number of hydrogen-bond donors (Lipinski definition) is 1. The lowest BCUT2D eigenvalue weighted by Gasteiger charge is -2.36. The number of urea groups is 1. The van der Waals surface area contributed by atoms with E-state index in [1.54, 1.807) is 6.20 Å². The largest absolute Gasteiger partial charge is 0.486 e. The van der Waals surface area contributed by atoms with E-state index in [0.717, 1.165) is 36.0 Å². The molecule has 2 aromatic rings. The van der Waals surface area contributed by atoms with Gasteiger partial charge in [-0.3, -0.25) is 4.98 Å². The maximum atomic E-state index is 12.3. The van der Waals surface area contributed by atoms with Crippen LogP contribution in [0.5, 0.6) is 11.5 Å². The van der Waals surface area contributed by atoms with Crippen LogP contribution in [0.15, 0.2) is 42.6 Å². The molecule has 1 aromatic heterocycles. The number of ether oxygens (including phenoxy) is 2. The minimum Gasteiger partial charge on any atom is -0.486 e. The number of piperazine rings is 1. The number of anilines is 1. The average Bonchev–Trinajstić information content (AvgIpc) is 2.72. The maximum Gasteiger partial charge on any atom is 0.317 e. The van der Waals surface area contributed by atoms with Crippen LogP contribution >= 0.6 is 0 Å². The van der Waals surface area contributed by atoms with Gasteiger partial charge in [0.25, 0.3) is 0 Å². The molecule has 7 nitrogen and oxygen atoms in total. The Labute approximate surface area is 152 Å². The van der Waals surface area contributed by atoms with Crippen LogP contribution in [-0.2, 0) is 6.54 Å². The predicted octanol–water partition coefficient (Wildman–Crippen LogP) is 1.88. The number of carbonyl (C=O) groups is 1. The van der Waals surface area contributed by atoms with Gasteiger partial charge in [0.2, 0.25) is 0 Å². The maximum absolute atomic E-state index is 12.3. The fraction of sp³-hybridized carbons (Fsp3) is 0.368. The Morgan fingerprint density at radius 3 is 2.62 bits per heavy atom. The quantitative estimate of drug-likeness (QED) is 0.912. The van der Waals surface area contributed by atoms with Crippen LogP contribution in [0.3, 0.4) is 0 Å². The van der Waals surface area contributed by atoms with E-state index in [2.05, 4.69) is 15.2 Å². The van der Waals surface area contributed by atoms with Crippen molar-refractivity contribution in [2.45, 2.75) is 6.54 Å². The Kier molecular flexibility index (Phi) is 4.77. The third-order valence-electron chi connectivity index (χ3n) is 4.60. The van der Waals surface area contributed by atoms with Crippen LogP contribution in [-0.4, -0.2) is 55.3 Å². The molecular weight excluding hydrogens is 332 g/mol. The smallest absolute Gasteiger partial charge is 0.317 e. The first-order chi connectivity index (χ1) is 12.8. The lowest BCUT2D eigenvalue weighted by molar-refractivity contribution is 0.171. The highest BCUT2D eigenvalue weighted by molar-refractivity contribution is 5.74. The topological polar surface area (TPSA) is 66.9 Å². The number of aromatic nitrogens is 1. The molecule has 2 aliphatic heterocycles. The van der Waals surface area contributed by atoms with Gasteiger partial charge in [0.15, 0.2) is 11.5 Å². The highest BCUT2D eigenvalue weighted by Gasteiger charge is 2.22. The molecule has 0 radical (unpaired) electrons. The van der Waals surface area contributed by atoms with Crippen LogP contribution in [0, 0.1) is 0 Å². The molecule has 1 fully saturated rings. The normalized spacial score (nSPS) is 16.3. The zero-order valence-corrected chi connectivity index (χ0v) is 14.6. The lowest BCUT2D eigenvalue weighted by atomic mass is 10.2. The summed E-state index contributed by atoms with van der Waals surface area (Å²) in [5.74, 6) is 1.59. The second kappa shape index (κ2) is 7.51. The molecule has 0 spiro atoms. The van der Waals surface area contributed by atoms with Crippen molar-refractivity contribution < 1.29 is 14.3 Å². The van der Waals surface area contributed by atoms with Gasteiger partial charge in [0.1, 0.15) is 13.2 Å². The Balaban J connectivity index is 1.30. The van der Waals surface area contributed by atoms with Crippen molar-refractivity contribution in [1.82, 2.24) is 15.2 Å². The summed E-state index contributed by atoms with van der Waals surface area (Å²) in [5.41, 5.74) is 1.96. The summed E-state index contributed by atoms with van der Waals surface area (Å²) in [6, 6.07) is 11.7. The summed E-state index contributed by atoms with van der Waals surface area (Å²) in [7, 11) is 0. The molecule has 0 aliphatic carbocycles. The first-order valence-electron chi connectivity index (χ1n) is 8.87. The summed E-state index contributed by atoms with van der Waals surface area (Å²) in [4.78, 5) is 20.7. The van der Waals surface area contributed by atoms with Crippen molar-refractivity contribution >= 4 is 11.7 Å². The van der Waals surface area contributed by atoms with Crippen molar-refractivity contribution in [3.63, 3.8) is 0 Å². The summed E-state index contributed by atoms with van der Waals surface area (Å²) in [5, 5.41) is 2.93. The molecule has 1 saturated heterocycles. The molecule has 2 aliphatic rings. The van der Waals surface area contributed by atoms with Crippen molar-refractivity contribution in [3.05, 3.63) is 48.3 Å². The van der Waals surface area contributed by atoms with Crippen molar-refractivity contribution in [2.75, 3.05) is 44.3 Å². The van der Waals surface area contributed by atoms with Crippen molar-refractivity contribution in [2.24, 2.45) is 0 Å². The second-order valence-corrected chi connectivity index (χ2v) is 6.28. The van der Waals surface area contributed by atoms with Crippen LogP contribution in [0.4, 0.5) is 10.5 Å². The number of benzene rings is 1. The van der Waals surface area contributed by atoms with Gasteiger partial charge in [-0.25, -0.2) is 4.79 Å². The number of pyridine rings is 1. The van der Waals surface area contributed by atoms with E-state index in [1.807, 2.05) is 41.3 Å². The van der Waals surface area contributed by atoms with Gasteiger partial charge in [0.05, 0.1) is 12.2 Å². The van der Waals surface area contributed by atoms with E-state index in [0.29, 0.717) is 32.8 Å². The highest BCUT2D eigenvalue weighted by atomic mass is 16.6. The highest BCUT2D eigenvalue weighted by Crippen LogP contribution is 2.34. The van der Waals surface area contributed by atoms with Gasteiger partial charge in [-0.1, -0.05) is 6.07 Å². The van der Waals surface area contributed by atoms with Gasteiger partial charge in [-0.15, -0.1) is 0 Å². The fourth-order valence-corrected chi connectivity index (χ4v) is 3.18. The second-order valence-electron chi connectivity index (χ2n) is 6.28. The van der Waals surface area contributed by atoms with E-state index in [1.165, 1.54) is 0 Å². The SMILES string of the molecule is O=C(NCc1ccccn1)N1CCN(c2ccc3c(c2)OCCO3)CC1. The molecule has 136 valence electrons. The molecule has 0 atom stereocenters. The number of carbonyl (C=O) groups excluding carboxylic acids is 1. The Morgan fingerprint density at radius 1 is 1.04 bits per heavy atom. The van der Waals surface area contributed by atoms with Crippen LogP contribution in [0.25, 0.3) is 0 Å². The van der Waals surface area contributed by atoms with Gasteiger partial charge in [-0.2, -0.15) is 0 Å². The fourth-order valence-electron chi connectivity index (χ4n) is 3.18. The monoisotopic (exact) mass is 354 g/mol. The summed E-state index contributed by atoms with van der Waals surface area (Å²) in [6.45, 7) is 4.57. The molecule has 4 rings (SSSR count). The zero-order valence-electron chi connectivity index (χ0n) is 14.6. The zero-order chi connectivity index (χ0) is 17.8. The molecule has 1 aromatic carbocycles. The average molecular weight is 354 g/mol. The van der Waals surface area contributed by atoms with Gasteiger partial charge < -0.3 is 24.6 Å². The third-order valence-corrected chi connectivity index (χ3v) is 4.60. The standard InChI is InChI=1S/C19H22N4O3/c24-19(21-14-15-3-1-2-6-20-15)23-9-7-22(8-10-23)16-4-5-17-18(13-16)26-12-11-25-17/h1-6,13H,7-12,14H2,(H,21,24). The summed E-state index contributed by atoms with van der Waals surface area (Å²) >= 11 is 0. The van der Waals surface area contributed by atoms with Gasteiger partial charge >= 0.3 is 6.03 Å². The van der Waals surface area contributed by atoms with E-state index in [-0.39, 0.29) is 6.03 Å². The van der Waals surface area contributed by atoms with Crippen molar-refractivity contribution in [3.8, 4) is 11.5 Å². The molecule has 7 heteroatoms. The van der Waals surface area contributed by atoms with E-state index in [9.17, 15) is 4.79 Å². The minimum absolute atomic E-state index is 0.0440. The summed E-state index contributed by atoms with van der Waals surface area (Å²) < 4.78 is 11.2. The number of fused-ring (bicyclic) bond motifs is 1. The lowest BCUT2D eigenvalue weighted by Crippen LogP contribution is -2.51. The number of hydrogen-bond acceptors (Lipinski definition) is 5. The minimum atomic E-state index is -0.0440. The predicted molar refractivity (Wildman–Crippen MR) is 97.7 cm³/mol. The van der Waals surface area contributed by atoms with Gasteiger partial charge in [0, 0.05) is 44.1 Å². The third kappa shape index (κ3) is 3.66. The van der Waals surface area contributed by atoms with Crippen LogP contribution in [0.1, 0.15) is 5.69 Å². The first kappa shape index (κ1) is 16.5.